The second kappa shape index (κ2) is 34.3. The molecule has 3 aliphatic heterocycles. The summed E-state index contributed by atoms with van der Waals surface area (Å²) in [5.41, 5.74) is 1.64. The molecular weight excluding hydrogens is 1170 g/mol. The molecule has 0 unspecified atom stereocenters. The number of rotatable bonds is 25. The Labute approximate surface area is 504 Å². The molecule has 28 heteroatoms. The lowest BCUT2D eigenvalue weighted by molar-refractivity contribution is -0.324. The van der Waals surface area contributed by atoms with Gasteiger partial charge < -0.3 is 57.9 Å². The lowest BCUT2D eigenvalue weighted by Crippen LogP contribution is -2.43. The molecule has 9 rings (SSSR count). The first-order valence-corrected chi connectivity index (χ1v) is 29.7. The highest BCUT2D eigenvalue weighted by atomic mass is 35.5. The van der Waals surface area contributed by atoms with Crippen LogP contribution in [0, 0.1) is 19.7 Å². The Morgan fingerprint density at radius 1 is 0.593 bits per heavy atom. The molecule has 22 nitrogen and oxygen atoms in total. The maximum Gasteiger partial charge on any atom is 0.522 e. The number of ether oxygens (including phenoxy) is 8. The van der Waals surface area contributed by atoms with Crippen molar-refractivity contribution >= 4 is 40.7 Å². The molecule has 6 aromatic rings. The van der Waals surface area contributed by atoms with Gasteiger partial charge in [-0.05, 0) is 120 Å². The highest BCUT2D eigenvalue weighted by Gasteiger charge is 2.32. The highest BCUT2D eigenvalue weighted by Crippen LogP contribution is 2.33. The van der Waals surface area contributed by atoms with Gasteiger partial charge in [0.1, 0.15) is 46.4 Å². The summed E-state index contributed by atoms with van der Waals surface area (Å²) in [6.45, 7) is 8.70. The molecule has 3 aliphatic rings. The molecule has 3 aromatic heterocycles. The van der Waals surface area contributed by atoms with E-state index in [4.69, 9.17) is 53.6 Å². The first kappa shape index (κ1) is 66.5. The molecule has 6 heterocycles. The van der Waals surface area contributed by atoms with Gasteiger partial charge in [0.15, 0.2) is 19.8 Å². The number of nitrogens with one attached hydrogen (secondary N) is 3. The van der Waals surface area contributed by atoms with Crippen molar-refractivity contribution in [2.24, 2.45) is 0 Å². The van der Waals surface area contributed by atoms with E-state index < -0.39 is 19.1 Å². The average molecular weight is 1250 g/mol. The van der Waals surface area contributed by atoms with Gasteiger partial charge in [-0.2, -0.15) is 0 Å². The van der Waals surface area contributed by atoms with Crippen molar-refractivity contribution in [3.05, 3.63) is 117 Å². The summed E-state index contributed by atoms with van der Waals surface area (Å²) in [7, 11) is 0. The van der Waals surface area contributed by atoms with Gasteiger partial charge in [0.05, 0.1) is 51.2 Å². The van der Waals surface area contributed by atoms with Crippen molar-refractivity contribution in [1.82, 2.24) is 46.5 Å². The first-order valence-electron chi connectivity index (χ1n) is 28.5. The van der Waals surface area contributed by atoms with Crippen molar-refractivity contribution in [2.75, 3.05) is 52.9 Å². The van der Waals surface area contributed by atoms with Gasteiger partial charge in [-0.3, -0.25) is 19.1 Å². The Morgan fingerprint density at radius 3 is 1.56 bits per heavy atom. The van der Waals surface area contributed by atoms with E-state index in [0.717, 1.165) is 61.9 Å². The molecule has 86 heavy (non-hydrogen) atoms. The molecular formula is C58H72ClF4N9O13S. The van der Waals surface area contributed by atoms with Gasteiger partial charge in [-0.1, -0.05) is 72.1 Å². The van der Waals surface area contributed by atoms with Crippen LogP contribution in [0.1, 0.15) is 136 Å². The Balaban J connectivity index is 0.000000185. The molecule has 0 radical (unpaired) electrons. The minimum Gasteiger partial charge on any atom is -0.484 e. The number of carbonyl (C=O) groups excluding carboxylic acids is 3. The molecule has 3 amide bonds. The molecule has 6 atom stereocenters. The van der Waals surface area contributed by atoms with Crippen molar-refractivity contribution in [3.8, 4) is 22.4 Å². The zero-order valence-electron chi connectivity index (χ0n) is 48.2. The fourth-order valence-corrected chi connectivity index (χ4v) is 9.52. The van der Waals surface area contributed by atoms with Crippen LogP contribution in [0.3, 0.4) is 0 Å². The number of amides is 3. The minimum atomic E-state index is -4.64. The summed E-state index contributed by atoms with van der Waals surface area (Å²) in [6, 6.07) is 18.5. The zero-order chi connectivity index (χ0) is 61.3. The van der Waals surface area contributed by atoms with E-state index in [9.17, 15) is 31.9 Å². The van der Waals surface area contributed by atoms with E-state index >= 15 is 0 Å². The van der Waals surface area contributed by atoms with Crippen LogP contribution in [-0.2, 0) is 46.2 Å². The molecule has 3 N–H and O–H groups in total. The number of unbranched alkanes of at least 4 members (excludes halogenated alkanes) is 1. The predicted octanol–water partition coefficient (Wildman–Crippen LogP) is 9.93. The third-order valence-corrected chi connectivity index (χ3v) is 14.4. The Bertz CT molecular complexity index is 2990. The van der Waals surface area contributed by atoms with Crippen LogP contribution in [0.2, 0.25) is 5.02 Å². The van der Waals surface area contributed by atoms with Crippen LogP contribution in [0.5, 0.6) is 22.4 Å². The largest absolute Gasteiger partial charge is 0.522 e. The smallest absolute Gasteiger partial charge is 0.484 e. The molecule has 0 saturated carbocycles. The summed E-state index contributed by atoms with van der Waals surface area (Å²) in [5.74, 6) is 2.20. The summed E-state index contributed by atoms with van der Waals surface area (Å²) < 4.78 is 103. The fourth-order valence-electron chi connectivity index (χ4n) is 8.60. The van der Waals surface area contributed by atoms with Crippen LogP contribution in [0.15, 0.2) is 75.6 Å². The van der Waals surface area contributed by atoms with Crippen molar-refractivity contribution in [2.45, 2.75) is 148 Å². The Morgan fingerprint density at radius 2 is 1.08 bits per heavy atom. The van der Waals surface area contributed by atoms with E-state index in [0.29, 0.717) is 77.5 Å². The lowest BCUT2D eigenvalue weighted by Gasteiger charge is -2.28. The van der Waals surface area contributed by atoms with E-state index in [2.05, 4.69) is 58.2 Å². The van der Waals surface area contributed by atoms with Crippen LogP contribution in [0.4, 0.5) is 17.6 Å². The third kappa shape index (κ3) is 23.3. The summed E-state index contributed by atoms with van der Waals surface area (Å²) >= 11 is 7.21. The van der Waals surface area contributed by atoms with Gasteiger partial charge in [0.2, 0.25) is 23.6 Å². The molecule has 0 spiro atoms. The van der Waals surface area contributed by atoms with Gasteiger partial charge in [-0.15, -0.1) is 38.7 Å². The number of benzene rings is 3. The first-order chi connectivity index (χ1) is 41.5. The van der Waals surface area contributed by atoms with Crippen molar-refractivity contribution < 1.29 is 78.7 Å². The molecule has 3 saturated heterocycles. The maximum atomic E-state index is 13.5. The second-order valence-electron chi connectivity index (χ2n) is 20.4. The lowest BCUT2D eigenvalue weighted by atomic mass is 10.0. The van der Waals surface area contributed by atoms with Gasteiger partial charge in [-0.25, -0.2) is 4.39 Å². The van der Waals surface area contributed by atoms with Crippen LogP contribution >= 0.6 is 22.9 Å². The van der Waals surface area contributed by atoms with Gasteiger partial charge in [0.25, 0.3) is 22.9 Å². The number of aryl methyl sites for hydroxylation is 4. The van der Waals surface area contributed by atoms with Crippen molar-refractivity contribution in [3.63, 3.8) is 0 Å². The zero-order valence-corrected chi connectivity index (χ0v) is 49.8. The number of hydrogen-bond acceptors (Lipinski definition) is 20. The molecule has 3 aromatic carbocycles. The van der Waals surface area contributed by atoms with Crippen LogP contribution in [-0.4, -0.2) is 126 Å². The SMILES string of the molecule is CCCCc1nnc([C@@H]2CC[C@@H](NC(=O)COc3ccc(Cl)cc3)CO2)o1.CCCOc1nnc([C@H]2CC[C@H](NC(=O)COc3ccc(C)c(F)c3)CO2)s1.Cc1ccc(OCC(=O)N[C@H]2CC[C@H](c3nnc(CCCOC(F)(F)F)o3)OC2)cc1. The van der Waals surface area contributed by atoms with Crippen LogP contribution < -0.4 is 34.9 Å². The molecule has 468 valence electrons. The standard InChI is InChI=1S/C20H24F3N3O5.C19H24ClN3O4.C19H24FN3O4S/c1-13-4-7-15(8-5-13)28-12-17(27)24-14-6-9-16(29-11-14)19-26-25-18(31-19)3-2-10-30-20(21,22)23;1-2-3-4-18-22-23-19(27-18)16-10-7-14(11-26-16)21-17(24)12-25-15-8-5-13(20)6-9-15;1-3-8-25-19-23-22-18(28-19)16-7-5-13(10-27-16)21-17(24)11-26-14-6-4-12(2)15(20)9-14/h4-5,7-8,14,16H,2-3,6,9-12H2,1H3,(H,24,27);5-6,8-9,14,16H,2-4,7,10-12H2,1H3,(H,21,24);4,6,9,13,16H,3,5,7-8,10-11H2,1-2H3,(H,21,24)/t2*14-,16+;13-,16+/m010/s1. The number of hydrogen-bond donors (Lipinski definition) is 3. The summed E-state index contributed by atoms with van der Waals surface area (Å²) in [4.78, 5) is 36.2. The molecule has 3 fully saturated rings. The summed E-state index contributed by atoms with van der Waals surface area (Å²) in [6.07, 6.45) is 2.92. The Kier molecular flexibility index (Phi) is 26.5. The number of nitrogens with zero attached hydrogens (tertiary/aromatic N) is 6. The quantitative estimate of drug-likeness (QED) is 0.0355. The number of aromatic nitrogens is 6. The van der Waals surface area contributed by atoms with E-state index in [-0.39, 0.29) is 105 Å². The van der Waals surface area contributed by atoms with Gasteiger partial charge in [0, 0.05) is 23.9 Å². The van der Waals surface area contributed by atoms with Crippen LogP contribution in [0.25, 0.3) is 0 Å². The van der Waals surface area contributed by atoms with Gasteiger partial charge >= 0.3 is 6.36 Å². The number of alkyl halides is 3. The highest BCUT2D eigenvalue weighted by molar-refractivity contribution is 7.13. The molecule has 0 bridgehead atoms. The topological polar surface area (TPSA) is 265 Å². The fraction of sp³-hybridized carbons (Fsp3) is 0.534. The van der Waals surface area contributed by atoms with E-state index in [1.165, 1.54) is 17.4 Å². The Hall–Kier alpha value is -7.04. The number of halogens is 5. The van der Waals surface area contributed by atoms with E-state index in [1.54, 1.807) is 55.5 Å². The number of carbonyl (C=O) groups is 3. The predicted molar refractivity (Wildman–Crippen MR) is 303 cm³/mol. The minimum absolute atomic E-state index is 0.0496. The maximum absolute atomic E-state index is 13.5. The summed E-state index contributed by atoms with van der Waals surface area (Å²) in [5, 5.41) is 34.7. The monoisotopic (exact) mass is 1250 g/mol. The molecule has 0 aliphatic carbocycles. The van der Waals surface area contributed by atoms with Crippen molar-refractivity contribution in [1.29, 1.82) is 0 Å². The van der Waals surface area contributed by atoms with E-state index in [1.807, 2.05) is 26.0 Å². The third-order valence-electron chi connectivity index (χ3n) is 13.2. The second-order valence-corrected chi connectivity index (χ2v) is 21.8. The normalized spacial score (nSPS) is 19.4. The average Bonchev–Trinajstić information content (AvgIpc) is 4.48.